The van der Waals surface area contributed by atoms with Gasteiger partial charge in [0.15, 0.2) is 0 Å². The van der Waals surface area contributed by atoms with Gasteiger partial charge in [0.2, 0.25) is 0 Å². The first-order valence-electron chi connectivity index (χ1n) is 5.54. The number of nitrogens with zero attached hydrogens (tertiary/aromatic N) is 1. The lowest BCUT2D eigenvalue weighted by Gasteiger charge is -2.34. The second-order valence-electron chi connectivity index (χ2n) is 5.33. The molecular formula is C11H21NO2. The third-order valence-electron chi connectivity index (χ3n) is 2.83. The molecule has 0 N–H and O–H groups in total. The van der Waals surface area contributed by atoms with Gasteiger partial charge in [-0.2, -0.15) is 0 Å². The van der Waals surface area contributed by atoms with Crippen molar-refractivity contribution in [3.05, 3.63) is 0 Å². The van der Waals surface area contributed by atoms with E-state index >= 15 is 0 Å². The fourth-order valence-corrected chi connectivity index (χ4v) is 2.12. The Balaban J connectivity index is 1.76. The molecule has 2 saturated heterocycles. The van der Waals surface area contributed by atoms with Crippen LogP contribution < -0.4 is 0 Å². The molecule has 0 amide bonds. The highest BCUT2D eigenvalue weighted by Crippen LogP contribution is 2.23. The van der Waals surface area contributed by atoms with Gasteiger partial charge in [-0.15, -0.1) is 0 Å². The minimum Gasteiger partial charge on any atom is -0.378 e. The number of hydrogen-bond donors (Lipinski definition) is 0. The summed E-state index contributed by atoms with van der Waals surface area (Å²) in [5.41, 5.74) is -0.00318. The highest BCUT2D eigenvalue weighted by atomic mass is 16.5. The Morgan fingerprint density at radius 1 is 1.29 bits per heavy atom. The summed E-state index contributed by atoms with van der Waals surface area (Å²) in [5.74, 6) is 0. The molecule has 0 radical (unpaired) electrons. The Morgan fingerprint density at radius 3 is 2.50 bits per heavy atom. The number of hydrogen-bond acceptors (Lipinski definition) is 3. The van der Waals surface area contributed by atoms with E-state index in [1.54, 1.807) is 0 Å². The molecule has 14 heavy (non-hydrogen) atoms. The maximum atomic E-state index is 5.97. The van der Waals surface area contributed by atoms with Gasteiger partial charge in [-0.05, 0) is 27.2 Å². The molecule has 0 aromatic heterocycles. The van der Waals surface area contributed by atoms with E-state index in [0.717, 1.165) is 19.8 Å². The van der Waals surface area contributed by atoms with Crippen LogP contribution >= 0.6 is 0 Å². The number of rotatable bonds is 2. The van der Waals surface area contributed by atoms with Crippen molar-refractivity contribution in [3.63, 3.8) is 0 Å². The van der Waals surface area contributed by atoms with E-state index in [-0.39, 0.29) is 5.60 Å². The molecule has 2 heterocycles. The molecule has 82 valence electrons. The van der Waals surface area contributed by atoms with Crippen LogP contribution in [0.25, 0.3) is 0 Å². The summed E-state index contributed by atoms with van der Waals surface area (Å²) in [6.45, 7) is 10.5. The van der Waals surface area contributed by atoms with Gasteiger partial charge < -0.3 is 9.47 Å². The van der Waals surface area contributed by atoms with E-state index in [0.29, 0.717) is 12.1 Å². The van der Waals surface area contributed by atoms with Gasteiger partial charge in [0.25, 0.3) is 0 Å². The lowest BCUT2D eigenvalue weighted by Crippen LogP contribution is -2.48. The highest BCUT2D eigenvalue weighted by Gasteiger charge is 2.34. The van der Waals surface area contributed by atoms with Crippen LogP contribution in [0, 0.1) is 0 Å². The summed E-state index contributed by atoms with van der Waals surface area (Å²) in [5, 5.41) is 0. The zero-order valence-electron chi connectivity index (χ0n) is 9.45. The molecule has 1 atom stereocenters. The van der Waals surface area contributed by atoms with Gasteiger partial charge in [-0.3, -0.25) is 4.90 Å². The molecule has 2 rings (SSSR count). The molecule has 2 aliphatic heterocycles. The Labute approximate surface area is 86.4 Å². The molecule has 0 aliphatic carbocycles. The molecular weight excluding hydrogens is 178 g/mol. The SMILES string of the molecule is CC(C)(C)OC1CCN(C2COC2)C1. The van der Waals surface area contributed by atoms with Gasteiger partial charge in [0.1, 0.15) is 0 Å². The predicted octanol–water partition coefficient (Wildman–Crippen LogP) is 1.27. The zero-order chi connectivity index (χ0) is 10.2. The maximum Gasteiger partial charge on any atom is 0.0721 e. The predicted molar refractivity (Wildman–Crippen MR) is 55.4 cm³/mol. The summed E-state index contributed by atoms with van der Waals surface area (Å²) in [6, 6.07) is 0.670. The summed E-state index contributed by atoms with van der Waals surface area (Å²) in [4.78, 5) is 2.50. The molecule has 1 unspecified atom stereocenters. The zero-order valence-corrected chi connectivity index (χ0v) is 9.45. The van der Waals surface area contributed by atoms with E-state index in [1.165, 1.54) is 13.0 Å². The van der Waals surface area contributed by atoms with Crippen LogP contribution in [-0.2, 0) is 9.47 Å². The second-order valence-corrected chi connectivity index (χ2v) is 5.33. The third-order valence-corrected chi connectivity index (χ3v) is 2.83. The van der Waals surface area contributed by atoms with Crippen molar-refractivity contribution >= 4 is 0 Å². The summed E-state index contributed by atoms with van der Waals surface area (Å²) in [6.07, 6.45) is 1.60. The molecule has 0 aromatic carbocycles. The Hall–Kier alpha value is -0.120. The smallest absolute Gasteiger partial charge is 0.0721 e. The standard InChI is InChI=1S/C11H21NO2/c1-11(2,3)14-10-4-5-12(6-10)9-7-13-8-9/h9-10H,4-8H2,1-3H3. The van der Waals surface area contributed by atoms with Crippen LogP contribution in [0.15, 0.2) is 0 Å². The van der Waals surface area contributed by atoms with Gasteiger partial charge in [-0.1, -0.05) is 0 Å². The first-order valence-corrected chi connectivity index (χ1v) is 5.54. The maximum absolute atomic E-state index is 5.97. The highest BCUT2D eigenvalue weighted by molar-refractivity contribution is 4.86. The fourth-order valence-electron chi connectivity index (χ4n) is 2.12. The van der Waals surface area contributed by atoms with Gasteiger partial charge in [-0.25, -0.2) is 0 Å². The van der Waals surface area contributed by atoms with Crippen molar-refractivity contribution in [3.8, 4) is 0 Å². The monoisotopic (exact) mass is 199 g/mol. The average molecular weight is 199 g/mol. The molecule has 2 fully saturated rings. The van der Waals surface area contributed by atoms with E-state index in [9.17, 15) is 0 Å². The number of likely N-dealkylation sites (tertiary alicyclic amines) is 1. The van der Waals surface area contributed by atoms with E-state index in [1.807, 2.05) is 0 Å². The molecule has 0 saturated carbocycles. The molecule has 3 nitrogen and oxygen atoms in total. The summed E-state index contributed by atoms with van der Waals surface area (Å²) >= 11 is 0. The number of ether oxygens (including phenoxy) is 2. The van der Waals surface area contributed by atoms with Crippen LogP contribution in [0.4, 0.5) is 0 Å². The van der Waals surface area contributed by atoms with Crippen LogP contribution in [0.3, 0.4) is 0 Å². The Bertz CT molecular complexity index is 196. The van der Waals surface area contributed by atoms with Crippen molar-refractivity contribution in [2.75, 3.05) is 26.3 Å². The third kappa shape index (κ3) is 2.47. The summed E-state index contributed by atoms with van der Waals surface area (Å²) in [7, 11) is 0. The lowest BCUT2D eigenvalue weighted by atomic mass is 10.2. The van der Waals surface area contributed by atoms with Gasteiger partial charge in [0.05, 0.1) is 31.0 Å². The molecule has 0 aromatic rings. The average Bonchev–Trinajstić information content (AvgIpc) is 2.28. The van der Waals surface area contributed by atoms with Crippen molar-refractivity contribution in [2.24, 2.45) is 0 Å². The second kappa shape index (κ2) is 3.80. The fraction of sp³-hybridized carbons (Fsp3) is 1.00. The molecule has 2 aliphatic rings. The molecule has 0 spiro atoms. The van der Waals surface area contributed by atoms with E-state index in [2.05, 4.69) is 25.7 Å². The minimum absolute atomic E-state index is 0.00318. The quantitative estimate of drug-likeness (QED) is 0.668. The Morgan fingerprint density at radius 2 is 2.00 bits per heavy atom. The van der Waals surface area contributed by atoms with Crippen molar-refractivity contribution in [2.45, 2.75) is 44.9 Å². The van der Waals surface area contributed by atoms with E-state index < -0.39 is 0 Å². The lowest BCUT2D eigenvalue weighted by molar-refractivity contribution is -0.0784. The molecule has 0 bridgehead atoms. The van der Waals surface area contributed by atoms with Crippen molar-refractivity contribution < 1.29 is 9.47 Å². The Kier molecular flexibility index (Phi) is 2.82. The van der Waals surface area contributed by atoms with Crippen LogP contribution in [0.2, 0.25) is 0 Å². The van der Waals surface area contributed by atoms with Gasteiger partial charge >= 0.3 is 0 Å². The van der Waals surface area contributed by atoms with Crippen LogP contribution in [0.5, 0.6) is 0 Å². The van der Waals surface area contributed by atoms with E-state index in [4.69, 9.17) is 9.47 Å². The molecule has 3 heteroatoms. The first-order chi connectivity index (χ1) is 6.54. The van der Waals surface area contributed by atoms with Crippen molar-refractivity contribution in [1.82, 2.24) is 4.90 Å². The first kappa shape index (κ1) is 10.4. The topological polar surface area (TPSA) is 21.7 Å². The summed E-state index contributed by atoms with van der Waals surface area (Å²) < 4.78 is 11.2. The van der Waals surface area contributed by atoms with Crippen LogP contribution in [0.1, 0.15) is 27.2 Å². The largest absolute Gasteiger partial charge is 0.378 e. The normalized spacial score (nSPS) is 30.6. The minimum atomic E-state index is -0.00318. The van der Waals surface area contributed by atoms with Crippen molar-refractivity contribution in [1.29, 1.82) is 0 Å². The van der Waals surface area contributed by atoms with Crippen LogP contribution in [-0.4, -0.2) is 49.0 Å². The van der Waals surface area contributed by atoms with Gasteiger partial charge in [0, 0.05) is 13.1 Å².